The third-order valence-corrected chi connectivity index (χ3v) is 1.03. The molecule has 0 bridgehead atoms. The lowest BCUT2D eigenvalue weighted by atomic mass is 10.2. The molecule has 0 aromatic heterocycles. The molecule has 2 heteroatoms. The van der Waals surface area contributed by atoms with Gasteiger partial charge >= 0.3 is 0 Å². The maximum Gasteiger partial charge on any atom is 0.126 e. The van der Waals surface area contributed by atoms with Crippen LogP contribution in [0.4, 0.5) is 0 Å². The van der Waals surface area contributed by atoms with Crippen molar-refractivity contribution in [2.24, 2.45) is 0 Å². The van der Waals surface area contributed by atoms with Crippen LogP contribution in [0.5, 0.6) is 5.75 Å². The van der Waals surface area contributed by atoms with Gasteiger partial charge in [-0.05, 0) is 32.9 Å². The first kappa shape index (κ1) is 10.7. The Kier molecular flexibility index (Phi) is 4.77. The summed E-state index contributed by atoms with van der Waals surface area (Å²) < 4.78 is 0. The molecule has 1 aromatic carbocycles. The maximum absolute atomic E-state index is 9.44. The van der Waals surface area contributed by atoms with E-state index in [4.69, 9.17) is 5.11 Å². The summed E-state index contributed by atoms with van der Waals surface area (Å²) in [5, 5.41) is 8.76. The fourth-order valence-electron chi connectivity index (χ4n) is 0.545. The van der Waals surface area contributed by atoms with Crippen LogP contribution in [0.3, 0.4) is 0 Å². The first-order valence-corrected chi connectivity index (χ1v) is 3.75. The Bertz CT molecular complexity index is 212. The standard InChI is InChI=1S/C7H8O.C3H6O/c1-6-2-4-7(8)5-3-6;1-3(2)4/h2-5,8H,1H3;1-2H3. The van der Waals surface area contributed by atoms with E-state index in [2.05, 4.69) is 0 Å². The SMILES string of the molecule is CC(C)=O.Cc1ccc(O)cc1. The zero-order chi connectivity index (χ0) is 9.56. The number of aryl methyl sites for hydroxylation is 1. The van der Waals surface area contributed by atoms with Crippen molar-refractivity contribution >= 4 is 5.78 Å². The topological polar surface area (TPSA) is 37.3 Å². The van der Waals surface area contributed by atoms with E-state index in [1.165, 1.54) is 19.4 Å². The number of hydrogen-bond acceptors (Lipinski definition) is 2. The molecule has 1 rings (SSSR count). The summed E-state index contributed by atoms with van der Waals surface area (Å²) in [5.74, 6) is 0.496. The van der Waals surface area contributed by atoms with Gasteiger partial charge in [-0.1, -0.05) is 17.7 Å². The van der Waals surface area contributed by atoms with E-state index in [1.807, 2.05) is 19.1 Å². The van der Waals surface area contributed by atoms with E-state index >= 15 is 0 Å². The molecule has 0 atom stereocenters. The van der Waals surface area contributed by atoms with Crippen LogP contribution >= 0.6 is 0 Å². The smallest absolute Gasteiger partial charge is 0.126 e. The van der Waals surface area contributed by atoms with Crippen LogP contribution in [-0.4, -0.2) is 10.9 Å². The number of benzene rings is 1. The second-order valence-electron chi connectivity index (χ2n) is 2.74. The number of carbonyl (C=O) groups is 1. The average molecular weight is 166 g/mol. The van der Waals surface area contributed by atoms with E-state index in [0.717, 1.165) is 0 Å². The normalized spacial score (nSPS) is 8.25. The number of carbonyl (C=O) groups excluding carboxylic acids is 1. The van der Waals surface area contributed by atoms with Gasteiger partial charge in [-0.15, -0.1) is 0 Å². The summed E-state index contributed by atoms with van der Waals surface area (Å²) in [6.45, 7) is 5.04. The fraction of sp³-hybridized carbons (Fsp3) is 0.300. The minimum absolute atomic E-state index is 0.167. The summed E-state index contributed by atoms with van der Waals surface area (Å²) in [7, 11) is 0. The van der Waals surface area contributed by atoms with Crippen molar-refractivity contribution in [2.45, 2.75) is 20.8 Å². The Morgan fingerprint density at radius 2 is 1.50 bits per heavy atom. The third kappa shape index (κ3) is 6.81. The minimum Gasteiger partial charge on any atom is -0.508 e. The van der Waals surface area contributed by atoms with Gasteiger partial charge < -0.3 is 9.90 Å². The summed E-state index contributed by atoms with van der Waals surface area (Å²) >= 11 is 0. The van der Waals surface area contributed by atoms with Gasteiger partial charge in [0.05, 0.1) is 0 Å². The van der Waals surface area contributed by atoms with E-state index in [0.29, 0.717) is 5.75 Å². The number of rotatable bonds is 0. The van der Waals surface area contributed by atoms with Gasteiger partial charge in [0.15, 0.2) is 0 Å². The molecular formula is C10H14O2. The molecule has 0 spiro atoms. The van der Waals surface area contributed by atoms with Gasteiger partial charge in [0, 0.05) is 0 Å². The van der Waals surface area contributed by atoms with Crippen LogP contribution in [0.1, 0.15) is 19.4 Å². The largest absolute Gasteiger partial charge is 0.508 e. The average Bonchev–Trinajstić information content (AvgIpc) is 1.94. The monoisotopic (exact) mass is 166 g/mol. The van der Waals surface area contributed by atoms with E-state index < -0.39 is 0 Å². The molecule has 2 nitrogen and oxygen atoms in total. The van der Waals surface area contributed by atoms with Gasteiger partial charge in [0.25, 0.3) is 0 Å². The first-order valence-electron chi connectivity index (χ1n) is 3.75. The maximum atomic E-state index is 9.44. The van der Waals surface area contributed by atoms with E-state index in [1.54, 1.807) is 12.1 Å². The van der Waals surface area contributed by atoms with Crippen molar-refractivity contribution in [1.29, 1.82) is 0 Å². The molecule has 0 heterocycles. The molecule has 1 N–H and O–H groups in total. The molecule has 66 valence electrons. The summed E-state index contributed by atoms with van der Waals surface area (Å²) in [6, 6.07) is 7.09. The summed E-state index contributed by atoms with van der Waals surface area (Å²) in [5.41, 5.74) is 1.17. The van der Waals surface area contributed by atoms with E-state index in [-0.39, 0.29) is 5.78 Å². The zero-order valence-corrected chi connectivity index (χ0v) is 7.66. The van der Waals surface area contributed by atoms with Crippen molar-refractivity contribution < 1.29 is 9.90 Å². The number of hydrogen-bond donors (Lipinski definition) is 1. The molecule has 0 aliphatic heterocycles. The van der Waals surface area contributed by atoms with Gasteiger partial charge in [-0.3, -0.25) is 0 Å². The van der Waals surface area contributed by atoms with Crippen LogP contribution in [-0.2, 0) is 4.79 Å². The summed E-state index contributed by atoms with van der Waals surface area (Å²) in [6.07, 6.45) is 0. The number of ketones is 1. The molecule has 0 saturated heterocycles. The molecule has 12 heavy (non-hydrogen) atoms. The van der Waals surface area contributed by atoms with Crippen LogP contribution in [0.15, 0.2) is 24.3 Å². The number of Topliss-reactive ketones (excluding diaryl/α,β-unsaturated/α-hetero) is 1. The lowest BCUT2D eigenvalue weighted by molar-refractivity contribution is -0.114. The van der Waals surface area contributed by atoms with Crippen molar-refractivity contribution in [2.75, 3.05) is 0 Å². The molecular weight excluding hydrogens is 152 g/mol. The fourth-order valence-corrected chi connectivity index (χ4v) is 0.545. The Hall–Kier alpha value is -1.31. The zero-order valence-electron chi connectivity index (χ0n) is 7.66. The van der Waals surface area contributed by atoms with Gasteiger partial charge in [0.2, 0.25) is 0 Å². The molecule has 1 aromatic rings. The predicted molar refractivity (Wildman–Crippen MR) is 49.2 cm³/mol. The lowest BCUT2D eigenvalue weighted by Gasteiger charge is -1.89. The third-order valence-electron chi connectivity index (χ3n) is 1.03. The van der Waals surface area contributed by atoms with Crippen molar-refractivity contribution in [3.8, 4) is 5.75 Å². The Morgan fingerprint density at radius 3 is 1.75 bits per heavy atom. The molecule has 0 saturated carbocycles. The Balaban J connectivity index is 0.000000261. The van der Waals surface area contributed by atoms with Crippen molar-refractivity contribution in [3.63, 3.8) is 0 Å². The highest BCUT2D eigenvalue weighted by molar-refractivity contribution is 5.72. The number of phenolic OH excluding ortho intramolecular Hbond substituents is 1. The highest BCUT2D eigenvalue weighted by Gasteiger charge is 1.82. The molecule has 0 aliphatic carbocycles. The highest BCUT2D eigenvalue weighted by Crippen LogP contribution is 2.07. The van der Waals surface area contributed by atoms with Crippen LogP contribution in [0.25, 0.3) is 0 Å². The second kappa shape index (κ2) is 5.35. The second-order valence-corrected chi connectivity index (χ2v) is 2.74. The molecule has 0 unspecified atom stereocenters. The van der Waals surface area contributed by atoms with Crippen molar-refractivity contribution in [3.05, 3.63) is 29.8 Å². The quantitative estimate of drug-likeness (QED) is 0.642. The Morgan fingerprint density at radius 1 is 1.17 bits per heavy atom. The number of phenols is 1. The van der Waals surface area contributed by atoms with Crippen LogP contribution in [0.2, 0.25) is 0 Å². The Labute approximate surface area is 72.9 Å². The van der Waals surface area contributed by atoms with Gasteiger partial charge in [-0.2, -0.15) is 0 Å². The van der Waals surface area contributed by atoms with E-state index in [9.17, 15) is 4.79 Å². The van der Waals surface area contributed by atoms with Crippen LogP contribution < -0.4 is 0 Å². The van der Waals surface area contributed by atoms with Crippen molar-refractivity contribution in [1.82, 2.24) is 0 Å². The van der Waals surface area contributed by atoms with Gasteiger partial charge in [0.1, 0.15) is 11.5 Å². The highest BCUT2D eigenvalue weighted by atomic mass is 16.3. The van der Waals surface area contributed by atoms with Crippen LogP contribution in [0, 0.1) is 6.92 Å². The first-order chi connectivity index (χ1) is 5.52. The molecule has 0 fully saturated rings. The van der Waals surface area contributed by atoms with Gasteiger partial charge in [-0.25, -0.2) is 0 Å². The number of aromatic hydroxyl groups is 1. The predicted octanol–water partition coefficient (Wildman–Crippen LogP) is 2.30. The molecule has 0 radical (unpaired) electrons. The summed E-state index contributed by atoms with van der Waals surface area (Å²) in [4.78, 5) is 9.44. The molecule has 0 aliphatic rings. The lowest BCUT2D eigenvalue weighted by Crippen LogP contribution is -1.69. The molecule has 0 amide bonds. The minimum atomic E-state index is 0.167.